The van der Waals surface area contributed by atoms with Gasteiger partial charge in [0, 0.05) is 24.3 Å². The molecule has 6 nitrogen and oxygen atoms in total. The third-order valence-corrected chi connectivity index (χ3v) is 4.65. The number of hydrogen-bond acceptors (Lipinski definition) is 7. The third-order valence-electron chi connectivity index (χ3n) is 3.74. The van der Waals surface area contributed by atoms with E-state index in [1.54, 1.807) is 23.6 Å². The van der Waals surface area contributed by atoms with E-state index < -0.39 is 0 Å². The van der Waals surface area contributed by atoms with Crippen molar-refractivity contribution in [2.24, 2.45) is 0 Å². The minimum absolute atomic E-state index is 0.413. The van der Waals surface area contributed by atoms with Crippen molar-refractivity contribution in [1.29, 1.82) is 0 Å². The zero-order valence-electron chi connectivity index (χ0n) is 11.9. The summed E-state index contributed by atoms with van der Waals surface area (Å²) in [7, 11) is 0. The summed E-state index contributed by atoms with van der Waals surface area (Å²) in [6.07, 6.45) is 2.79. The lowest BCUT2D eigenvalue weighted by molar-refractivity contribution is 0.789. The van der Waals surface area contributed by atoms with E-state index in [-0.39, 0.29) is 0 Å². The summed E-state index contributed by atoms with van der Waals surface area (Å²) in [5.41, 5.74) is 7.61. The molecule has 7 heteroatoms. The fraction of sp³-hybridized carbons (Fsp3) is 0.267. The summed E-state index contributed by atoms with van der Waals surface area (Å²) in [6, 6.07) is 6.11. The number of pyridine rings is 1. The number of anilines is 2. The van der Waals surface area contributed by atoms with Crippen LogP contribution in [0.3, 0.4) is 0 Å². The maximum absolute atomic E-state index is 5.77. The van der Waals surface area contributed by atoms with Crippen LogP contribution in [-0.2, 0) is 0 Å². The second kappa shape index (κ2) is 5.51. The first-order chi connectivity index (χ1) is 10.8. The van der Waals surface area contributed by atoms with Crippen molar-refractivity contribution in [3.8, 4) is 11.4 Å². The molecule has 1 atom stereocenters. The molecule has 0 radical (unpaired) electrons. The highest BCUT2D eigenvalue weighted by Crippen LogP contribution is 2.30. The first-order valence-electron chi connectivity index (χ1n) is 7.24. The van der Waals surface area contributed by atoms with Gasteiger partial charge in [-0.15, -0.1) is 11.3 Å². The Morgan fingerprint density at radius 3 is 3.09 bits per heavy atom. The van der Waals surface area contributed by atoms with Gasteiger partial charge in [0.25, 0.3) is 0 Å². The molecule has 1 aliphatic rings. The Balaban J connectivity index is 1.79. The van der Waals surface area contributed by atoms with Gasteiger partial charge in [-0.3, -0.25) is 0 Å². The highest BCUT2D eigenvalue weighted by atomic mass is 32.1. The number of nitrogens with two attached hydrogens (primary N) is 1. The summed E-state index contributed by atoms with van der Waals surface area (Å²) >= 11 is 1.66. The minimum Gasteiger partial charge on any atom is -0.384 e. The van der Waals surface area contributed by atoms with Crippen molar-refractivity contribution < 1.29 is 0 Å². The molecule has 4 N–H and O–H groups in total. The molecule has 22 heavy (non-hydrogen) atoms. The molecule has 0 bridgehead atoms. The maximum atomic E-state index is 5.77. The highest BCUT2D eigenvalue weighted by Gasteiger charge is 2.18. The summed E-state index contributed by atoms with van der Waals surface area (Å²) in [5, 5.41) is 8.95. The quantitative estimate of drug-likeness (QED) is 0.686. The van der Waals surface area contributed by atoms with Crippen molar-refractivity contribution in [3.05, 3.63) is 29.8 Å². The molecule has 3 aromatic rings. The van der Waals surface area contributed by atoms with E-state index in [2.05, 4.69) is 20.6 Å². The lowest BCUT2D eigenvalue weighted by Gasteiger charge is -2.13. The fourth-order valence-electron chi connectivity index (χ4n) is 2.65. The van der Waals surface area contributed by atoms with Gasteiger partial charge in [0.05, 0.1) is 10.2 Å². The van der Waals surface area contributed by atoms with E-state index in [0.29, 0.717) is 17.7 Å². The number of nitrogens with one attached hydrogen (secondary N) is 2. The third kappa shape index (κ3) is 2.49. The first kappa shape index (κ1) is 13.4. The van der Waals surface area contributed by atoms with Crippen LogP contribution in [0.2, 0.25) is 0 Å². The van der Waals surface area contributed by atoms with E-state index in [1.807, 2.05) is 17.5 Å². The van der Waals surface area contributed by atoms with Gasteiger partial charge in [-0.2, -0.15) is 0 Å². The number of rotatable bonds is 3. The molecule has 112 valence electrons. The zero-order valence-corrected chi connectivity index (χ0v) is 12.7. The summed E-state index contributed by atoms with van der Waals surface area (Å²) in [4.78, 5) is 13.4. The topological polar surface area (TPSA) is 88.8 Å². The molecule has 0 amide bonds. The molecule has 4 heterocycles. The largest absolute Gasteiger partial charge is 0.384 e. The molecule has 0 aliphatic carbocycles. The Kier molecular flexibility index (Phi) is 3.36. The van der Waals surface area contributed by atoms with Crippen molar-refractivity contribution in [1.82, 2.24) is 20.3 Å². The van der Waals surface area contributed by atoms with Crippen molar-refractivity contribution in [3.63, 3.8) is 0 Å². The minimum atomic E-state index is 0.413. The number of hydrogen-bond donors (Lipinski definition) is 3. The smallest absolute Gasteiger partial charge is 0.162 e. The van der Waals surface area contributed by atoms with E-state index in [0.717, 1.165) is 41.1 Å². The molecule has 0 unspecified atom stereocenters. The van der Waals surface area contributed by atoms with Gasteiger partial charge < -0.3 is 16.4 Å². The van der Waals surface area contributed by atoms with Crippen molar-refractivity contribution in [2.45, 2.75) is 12.5 Å². The van der Waals surface area contributed by atoms with Crippen LogP contribution in [-0.4, -0.2) is 34.1 Å². The summed E-state index contributed by atoms with van der Waals surface area (Å²) in [6.45, 7) is 2.01. The molecule has 0 saturated carbocycles. The highest BCUT2D eigenvalue weighted by molar-refractivity contribution is 7.17. The second-order valence-corrected chi connectivity index (χ2v) is 6.25. The Morgan fingerprint density at radius 1 is 1.32 bits per heavy atom. The van der Waals surface area contributed by atoms with Crippen LogP contribution in [0.4, 0.5) is 11.6 Å². The van der Waals surface area contributed by atoms with Crippen LogP contribution in [0.15, 0.2) is 29.8 Å². The Labute approximate surface area is 131 Å². The Morgan fingerprint density at radius 2 is 2.27 bits per heavy atom. The van der Waals surface area contributed by atoms with Crippen LogP contribution >= 0.6 is 11.3 Å². The van der Waals surface area contributed by atoms with Crippen LogP contribution in [0.5, 0.6) is 0 Å². The SMILES string of the molecule is Nc1cc(-c2nc(N[C@@H]3CCNC3)c3sccc3n2)ccn1. The zero-order chi connectivity index (χ0) is 14.9. The van der Waals surface area contributed by atoms with Crippen LogP contribution < -0.4 is 16.4 Å². The van der Waals surface area contributed by atoms with Crippen LogP contribution in [0.25, 0.3) is 21.6 Å². The molecular weight excluding hydrogens is 296 g/mol. The predicted octanol–water partition coefficient (Wildman–Crippen LogP) is 2.11. The Bertz CT molecular complexity index is 809. The lowest BCUT2D eigenvalue weighted by atomic mass is 10.2. The molecule has 0 aromatic carbocycles. The van der Waals surface area contributed by atoms with Gasteiger partial charge in [-0.1, -0.05) is 0 Å². The second-order valence-electron chi connectivity index (χ2n) is 5.33. The average Bonchev–Trinajstić information content (AvgIpc) is 3.18. The molecule has 0 spiro atoms. The molecule has 1 fully saturated rings. The number of nitrogens with zero attached hydrogens (tertiary/aromatic N) is 3. The molecule has 1 aliphatic heterocycles. The monoisotopic (exact) mass is 312 g/mol. The molecule has 1 saturated heterocycles. The number of aromatic nitrogens is 3. The lowest BCUT2D eigenvalue weighted by Crippen LogP contribution is -2.22. The fourth-order valence-corrected chi connectivity index (χ4v) is 3.43. The molecule has 3 aromatic heterocycles. The van der Waals surface area contributed by atoms with E-state index in [1.165, 1.54) is 0 Å². The van der Waals surface area contributed by atoms with Crippen molar-refractivity contribution >= 4 is 33.2 Å². The normalized spacial score (nSPS) is 17.9. The first-order valence-corrected chi connectivity index (χ1v) is 8.12. The predicted molar refractivity (Wildman–Crippen MR) is 90.0 cm³/mol. The van der Waals surface area contributed by atoms with E-state index in [9.17, 15) is 0 Å². The molecular formula is C15H16N6S. The summed E-state index contributed by atoms with van der Waals surface area (Å²) in [5.74, 6) is 2.05. The number of fused-ring (bicyclic) bond motifs is 1. The van der Waals surface area contributed by atoms with Gasteiger partial charge in [-0.05, 0) is 36.5 Å². The van der Waals surface area contributed by atoms with E-state index >= 15 is 0 Å². The van der Waals surface area contributed by atoms with Gasteiger partial charge >= 0.3 is 0 Å². The number of thiophene rings is 1. The number of nitrogen functional groups attached to an aromatic ring is 1. The van der Waals surface area contributed by atoms with E-state index in [4.69, 9.17) is 10.7 Å². The van der Waals surface area contributed by atoms with Gasteiger partial charge in [-0.25, -0.2) is 15.0 Å². The molecule has 4 rings (SSSR count). The van der Waals surface area contributed by atoms with Crippen molar-refractivity contribution in [2.75, 3.05) is 24.1 Å². The van der Waals surface area contributed by atoms with Gasteiger partial charge in [0.2, 0.25) is 0 Å². The maximum Gasteiger partial charge on any atom is 0.162 e. The summed E-state index contributed by atoms with van der Waals surface area (Å²) < 4.78 is 1.10. The Hall–Kier alpha value is -2.25. The van der Waals surface area contributed by atoms with Crippen LogP contribution in [0.1, 0.15) is 6.42 Å². The van der Waals surface area contributed by atoms with Crippen LogP contribution in [0, 0.1) is 0 Å². The standard InChI is InChI=1S/C15H16N6S/c16-12-7-9(1-5-18-12)14-20-11-3-6-22-13(11)15(21-14)19-10-2-4-17-8-10/h1,3,5-7,10,17H,2,4,8H2,(H2,16,18)(H,19,20,21)/t10-/m1/s1. The average molecular weight is 312 g/mol. The van der Waals surface area contributed by atoms with Gasteiger partial charge in [0.1, 0.15) is 11.6 Å². The van der Waals surface area contributed by atoms with Gasteiger partial charge in [0.15, 0.2) is 5.82 Å².